The van der Waals surface area contributed by atoms with E-state index in [0.29, 0.717) is 6.61 Å². The average Bonchev–Trinajstić information content (AvgIpc) is 3.33. The molecule has 11 heteroatoms. The number of sulfone groups is 1. The largest absolute Gasteiger partial charge is 0.492 e. The molecule has 2 aliphatic heterocycles. The van der Waals surface area contributed by atoms with Gasteiger partial charge in [-0.3, -0.25) is 10.2 Å². The van der Waals surface area contributed by atoms with Gasteiger partial charge in [-0.15, -0.1) is 5.10 Å². The van der Waals surface area contributed by atoms with Gasteiger partial charge < -0.3 is 9.30 Å². The molecule has 0 saturated heterocycles. The molecule has 33 heavy (non-hydrogen) atoms. The molecule has 1 aromatic carbocycles. The van der Waals surface area contributed by atoms with Crippen LogP contribution >= 0.6 is 11.8 Å². The molecule has 172 valence electrons. The zero-order valence-corrected chi connectivity index (χ0v) is 20.2. The minimum absolute atomic E-state index is 0.0385. The highest BCUT2D eigenvalue weighted by atomic mass is 32.3. The molecule has 4 rings (SSSR count). The summed E-state index contributed by atoms with van der Waals surface area (Å²) in [6.45, 7) is 7.84. The third-order valence-corrected chi connectivity index (χ3v) is 8.35. The fourth-order valence-electron chi connectivity index (χ4n) is 3.60. The Morgan fingerprint density at radius 2 is 1.94 bits per heavy atom. The zero-order chi connectivity index (χ0) is 23.9. The molecule has 0 aliphatic carbocycles. The van der Waals surface area contributed by atoms with E-state index in [1.165, 1.54) is 6.92 Å². The summed E-state index contributed by atoms with van der Waals surface area (Å²) in [4.78, 5) is 16.7. The van der Waals surface area contributed by atoms with Crippen molar-refractivity contribution in [3.63, 3.8) is 0 Å². The molecule has 0 spiro atoms. The van der Waals surface area contributed by atoms with Crippen LogP contribution in [0.25, 0.3) is 11.8 Å². The molecule has 1 amide bonds. The number of thioether (sulfide) groups is 1. The van der Waals surface area contributed by atoms with Gasteiger partial charge in [0.05, 0.1) is 23.6 Å². The Labute approximate surface area is 196 Å². The molecule has 2 aromatic rings. The van der Waals surface area contributed by atoms with Crippen LogP contribution in [0.5, 0.6) is 5.75 Å². The van der Waals surface area contributed by atoms with Crippen LogP contribution < -0.4 is 4.74 Å². The molecule has 1 N–H and O–H groups in total. The summed E-state index contributed by atoms with van der Waals surface area (Å²) in [5.41, 5.74) is 3.44. The van der Waals surface area contributed by atoms with Crippen molar-refractivity contribution in [2.75, 3.05) is 12.4 Å². The van der Waals surface area contributed by atoms with E-state index in [1.54, 1.807) is 6.08 Å². The second kappa shape index (κ2) is 8.64. The lowest BCUT2D eigenvalue weighted by Crippen LogP contribution is -2.35. The highest BCUT2D eigenvalue weighted by Crippen LogP contribution is 2.32. The first-order chi connectivity index (χ1) is 15.7. The molecule has 0 radical (unpaired) electrons. The van der Waals surface area contributed by atoms with Gasteiger partial charge in [-0.05, 0) is 62.4 Å². The zero-order valence-electron chi connectivity index (χ0n) is 18.6. The fraction of sp³-hybridized carbons (Fsp3) is 0.273. The van der Waals surface area contributed by atoms with Crippen molar-refractivity contribution in [3.8, 4) is 11.4 Å². The molecule has 2 aliphatic rings. The number of nitrogens with zero attached hydrogens (tertiary/aromatic N) is 4. The van der Waals surface area contributed by atoms with Crippen molar-refractivity contribution in [3.05, 3.63) is 52.9 Å². The highest BCUT2D eigenvalue weighted by molar-refractivity contribution is 8.42. The summed E-state index contributed by atoms with van der Waals surface area (Å²) in [6.07, 6.45) is 1.60. The van der Waals surface area contributed by atoms with E-state index >= 15 is 0 Å². The van der Waals surface area contributed by atoms with Crippen LogP contribution in [0, 0.1) is 19.3 Å². The summed E-state index contributed by atoms with van der Waals surface area (Å²) < 4.78 is 32.0. The minimum atomic E-state index is -3.57. The number of fused-ring (bicyclic) bond motifs is 1. The van der Waals surface area contributed by atoms with Crippen LogP contribution in [0.3, 0.4) is 0 Å². The summed E-state index contributed by atoms with van der Waals surface area (Å²) in [6, 6.07) is 9.61. The van der Waals surface area contributed by atoms with Gasteiger partial charge in [0.25, 0.3) is 5.91 Å². The van der Waals surface area contributed by atoms with E-state index in [2.05, 4.69) is 10.1 Å². The summed E-state index contributed by atoms with van der Waals surface area (Å²) in [5.74, 6) is -0.203. The molecular formula is C22H23N5O4S2. The van der Waals surface area contributed by atoms with Gasteiger partial charge in [-0.25, -0.2) is 8.42 Å². The lowest BCUT2D eigenvalue weighted by atomic mass is 10.1. The molecule has 0 saturated carbocycles. The quantitative estimate of drug-likeness (QED) is 0.648. The topological polar surface area (TPSA) is 117 Å². The first-order valence-electron chi connectivity index (χ1n) is 10.3. The third-order valence-electron chi connectivity index (χ3n) is 5.26. The van der Waals surface area contributed by atoms with Crippen molar-refractivity contribution >= 4 is 49.0 Å². The number of aliphatic imine (C=N–C) groups is 1. The molecule has 0 bridgehead atoms. The SMILES string of the molecule is CCOc1ccccc1-n1c(C)cc(/C=C2/C(=N)N3N=C(S(=O)(=O)CC)SC3=NC2=O)c1C. The Hall–Kier alpha value is -3.18. The van der Waals surface area contributed by atoms with Crippen molar-refractivity contribution in [2.45, 2.75) is 27.7 Å². The number of hydrazone groups is 1. The number of carbonyl (C=O) groups excluding carboxylic acids is 1. The van der Waals surface area contributed by atoms with Crippen LogP contribution in [-0.2, 0) is 14.6 Å². The molecule has 0 unspecified atom stereocenters. The van der Waals surface area contributed by atoms with Crippen LogP contribution in [0.15, 0.2) is 46.0 Å². The summed E-state index contributed by atoms with van der Waals surface area (Å²) >= 11 is 0.786. The molecule has 3 heterocycles. The first-order valence-corrected chi connectivity index (χ1v) is 12.8. The highest BCUT2D eigenvalue weighted by Gasteiger charge is 2.39. The summed E-state index contributed by atoms with van der Waals surface area (Å²) in [5, 5.41) is 13.7. The standard InChI is InChI=1S/C22H23N5O4S2/c1-5-31-18-10-8-7-9-17(18)26-13(3)11-15(14(26)4)12-16-19(23)27-21(24-20(16)28)32-22(25-27)33(29,30)6-2/h7-12,23H,5-6H2,1-4H3/b16-12-,23-19?. The Morgan fingerprint density at radius 1 is 1.21 bits per heavy atom. The molecular weight excluding hydrogens is 462 g/mol. The maximum atomic E-state index is 12.7. The minimum Gasteiger partial charge on any atom is -0.492 e. The number of ether oxygens (including phenoxy) is 1. The third kappa shape index (κ3) is 4.02. The first kappa shape index (κ1) is 23.0. The van der Waals surface area contributed by atoms with Gasteiger partial charge in [0, 0.05) is 11.4 Å². The van der Waals surface area contributed by atoms with E-state index in [0.717, 1.165) is 45.2 Å². The Kier molecular flexibility index (Phi) is 6.02. The fourth-order valence-corrected chi connectivity index (χ4v) is 5.77. The van der Waals surface area contributed by atoms with Crippen molar-refractivity contribution in [2.24, 2.45) is 10.1 Å². The number of rotatable bonds is 5. The monoisotopic (exact) mass is 485 g/mol. The number of amidine groups is 2. The van der Waals surface area contributed by atoms with Gasteiger partial charge in [0.15, 0.2) is 5.84 Å². The number of hydrogen-bond donors (Lipinski definition) is 1. The molecule has 0 fully saturated rings. The normalized spacial score (nSPS) is 17.3. The molecule has 1 aromatic heterocycles. The molecule has 9 nitrogen and oxygen atoms in total. The lowest BCUT2D eigenvalue weighted by Gasteiger charge is -2.20. The van der Waals surface area contributed by atoms with E-state index in [9.17, 15) is 13.2 Å². The van der Waals surface area contributed by atoms with E-state index < -0.39 is 15.7 Å². The van der Waals surface area contributed by atoms with E-state index in [-0.39, 0.29) is 26.7 Å². The van der Waals surface area contributed by atoms with Gasteiger partial charge in [-0.1, -0.05) is 19.1 Å². The number of para-hydroxylation sites is 2. The predicted molar refractivity (Wildman–Crippen MR) is 131 cm³/mol. The molecule has 0 atom stereocenters. The second-order valence-electron chi connectivity index (χ2n) is 7.35. The lowest BCUT2D eigenvalue weighted by molar-refractivity contribution is -0.114. The number of aromatic nitrogens is 1. The van der Waals surface area contributed by atoms with Gasteiger partial charge in [0.1, 0.15) is 5.75 Å². The van der Waals surface area contributed by atoms with Gasteiger partial charge in [-0.2, -0.15) is 10.0 Å². The van der Waals surface area contributed by atoms with Crippen LogP contribution in [0.2, 0.25) is 0 Å². The number of carbonyl (C=O) groups is 1. The number of nitrogens with one attached hydrogen (secondary N) is 1. The predicted octanol–water partition coefficient (Wildman–Crippen LogP) is 3.50. The summed E-state index contributed by atoms with van der Waals surface area (Å²) in [7, 11) is -3.57. The smallest absolute Gasteiger partial charge is 0.283 e. The van der Waals surface area contributed by atoms with Crippen LogP contribution in [0.4, 0.5) is 0 Å². The van der Waals surface area contributed by atoms with Gasteiger partial charge >= 0.3 is 0 Å². The number of hydrogen-bond acceptors (Lipinski definition) is 7. The van der Waals surface area contributed by atoms with Crippen molar-refractivity contribution < 1.29 is 17.9 Å². The van der Waals surface area contributed by atoms with Crippen molar-refractivity contribution in [1.29, 1.82) is 5.41 Å². The van der Waals surface area contributed by atoms with Crippen molar-refractivity contribution in [1.82, 2.24) is 9.58 Å². The maximum Gasteiger partial charge on any atom is 0.283 e. The maximum absolute atomic E-state index is 12.7. The Bertz CT molecular complexity index is 1370. The number of benzene rings is 1. The number of amides is 1. The average molecular weight is 486 g/mol. The second-order valence-corrected chi connectivity index (χ2v) is 10.8. The van der Waals surface area contributed by atoms with Crippen LogP contribution in [-0.4, -0.2) is 51.6 Å². The Morgan fingerprint density at radius 3 is 2.64 bits per heavy atom. The number of aryl methyl sites for hydroxylation is 1. The van der Waals surface area contributed by atoms with E-state index in [4.69, 9.17) is 10.1 Å². The van der Waals surface area contributed by atoms with E-state index in [1.807, 2.05) is 55.7 Å². The van der Waals surface area contributed by atoms with Crippen LogP contribution in [0.1, 0.15) is 30.8 Å². The van der Waals surface area contributed by atoms with Gasteiger partial charge in [0.2, 0.25) is 19.4 Å². The Balaban J connectivity index is 1.75.